The lowest BCUT2D eigenvalue weighted by molar-refractivity contribution is -0.147. The number of carbonyl (C=O) groups is 1. The SMILES string of the molecule is CC1CC(OCC(=O)O)C1.CC1CC(OCCO)C1. The van der Waals surface area contributed by atoms with Crippen molar-refractivity contribution in [2.75, 3.05) is 19.8 Å². The van der Waals surface area contributed by atoms with E-state index in [1.165, 1.54) is 12.8 Å². The molecule has 2 N–H and O–H groups in total. The third-order valence-corrected chi connectivity index (χ3v) is 3.55. The fourth-order valence-electron chi connectivity index (χ4n) is 2.34. The van der Waals surface area contributed by atoms with Gasteiger partial charge in [-0.1, -0.05) is 13.8 Å². The van der Waals surface area contributed by atoms with Crippen molar-refractivity contribution >= 4 is 5.97 Å². The smallest absolute Gasteiger partial charge is 0.329 e. The van der Waals surface area contributed by atoms with E-state index in [4.69, 9.17) is 19.7 Å². The van der Waals surface area contributed by atoms with Crippen molar-refractivity contribution in [2.24, 2.45) is 11.8 Å². The minimum absolute atomic E-state index is 0.141. The van der Waals surface area contributed by atoms with Crippen LogP contribution in [0, 0.1) is 11.8 Å². The van der Waals surface area contributed by atoms with Crippen LogP contribution in [0.3, 0.4) is 0 Å². The van der Waals surface area contributed by atoms with Crippen LogP contribution >= 0.6 is 0 Å². The largest absolute Gasteiger partial charge is 0.480 e. The lowest BCUT2D eigenvalue weighted by atomic mass is 9.84. The zero-order chi connectivity index (χ0) is 14.3. The molecule has 19 heavy (non-hydrogen) atoms. The van der Waals surface area contributed by atoms with E-state index >= 15 is 0 Å². The highest BCUT2D eigenvalue weighted by atomic mass is 16.5. The number of aliphatic hydroxyl groups excluding tert-OH is 1. The minimum Gasteiger partial charge on any atom is -0.480 e. The van der Waals surface area contributed by atoms with Crippen molar-refractivity contribution in [2.45, 2.75) is 51.7 Å². The Morgan fingerprint density at radius 3 is 1.89 bits per heavy atom. The Bertz CT molecular complexity index is 257. The Morgan fingerprint density at radius 1 is 1.05 bits per heavy atom. The molecule has 2 saturated carbocycles. The van der Waals surface area contributed by atoms with E-state index in [0.29, 0.717) is 12.7 Å². The summed E-state index contributed by atoms with van der Waals surface area (Å²) in [6, 6.07) is 0. The van der Waals surface area contributed by atoms with Crippen molar-refractivity contribution in [1.82, 2.24) is 0 Å². The molecule has 5 heteroatoms. The van der Waals surface area contributed by atoms with Gasteiger partial charge in [0, 0.05) is 0 Å². The van der Waals surface area contributed by atoms with E-state index in [0.717, 1.165) is 24.7 Å². The Balaban J connectivity index is 0.000000191. The molecule has 2 fully saturated rings. The third-order valence-electron chi connectivity index (χ3n) is 3.55. The first-order chi connectivity index (χ1) is 9.01. The highest BCUT2D eigenvalue weighted by Crippen LogP contribution is 2.29. The summed E-state index contributed by atoms with van der Waals surface area (Å²) in [5.74, 6) is 0.687. The first kappa shape index (κ1) is 16.4. The summed E-state index contributed by atoms with van der Waals surface area (Å²) in [6.07, 6.45) is 5.07. The van der Waals surface area contributed by atoms with Crippen LogP contribution in [0.15, 0.2) is 0 Å². The number of hydrogen-bond donors (Lipinski definition) is 2. The predicted octanol–water partition coefficient (Wildman–Crippen LogP) is 1.68. The number of aliphatic carboxylic acids is 1. The summed E-state index contributed by atoms with van der Waals surface area (Å²) < 4.78 is 10.3. The average Bonchev–Trinajstić information content (AvgIpc) is 2.28. The molecule has 112 valence electrons. The molecule has 0 aromatic rings. The quantitative estimate of drug-likeness (QED) is 0.770. The van der Waals surface area contributed by atoms with Crippen molar-refractivity contribution < 1.29 is 24.5 Å². The Labute approximate surface area is 114 Å². The number of hydrogen-bond acceptors (Lipinski definition) is 4. The molecule has 2 aliphatic carbocycles. The molecule has 0 radical (unpaired) electrons. The van der Waals surface area contributed by atoms with Gasteiger partial charge in [-0.05, 0) is 37.5 Å². The van der Waals surface area contributed by atoms with Crippen molar-refractivity contribution in [1.29, 1.82) is 0 Å². The maximum Gasteiger partial charge on any atom is 0.329 e. The van der Waals surface area contributed by atoms with Crippen LogP contribution < -0.4 is 0 Å². The van der Waals surface area contributed by atoms with Gasteiger partial charge in [-0.15, -0.1) is 0 Å². The molecule has 2 rings (SSSR count). The molecular weight excluding hydrogens is 248 g/mol. The third kappa shape index (κ3) is 6.89. The van der Waals surface area contributed by atoms with E-state index in [1.54, 1.807) is 0 Å². The van der Waals surface area contributed by atoms with Crippen LogP contribution in [0.2, 0.25) is 0 Å². The summed E-state index contributed by atoms with van der Waals surface area (Å²) in [4.78, 5) is 10.0. The van der Waals surface area contributed by atoms with Crippen LogP contribution in [0.5, 0.6) is 0 Å². The van der Waals surface area contributed by atoms with Gasteiger partial charge < -0.3 is 19.7 Å². The summed E-state index contributed by atoms with van der Waals surface area (Å²) in [7, 11) is 0. The monoisotopic (exact) mass is 274 g/mol. The molecule has 2 aliphatic rings. The molecule has 0 atom stereocenters. The normalized spacial score (nSPS) is 32.6. The van der Waals surface area contributed by atoms with Gasteiger partial charge in [0.15, 0.2) is 0 Å². The highest BCUT2D eigenvalue weighted by molar-refractivity contribution is 5.68. The first-order valence-corrected chi connectivity index (χ1v) is 7.07. The molecule has 0 heterocycles. The second-order valence-electron chi connectivity index (χ2n) is 5.70. The summed E-state index contributed by atoms with van der Waals surface area (Å²) >= 11 is 0. The molecule has 0 saturated heterocycles. The maximum atomic E-state index is 10.0. The fraction of sp³-hybridized carbons (Fsp3) is 0.929. The molecule has 0 aliphatic heterocycles. The van der Waals surface area contributed by atoms with Gasteiger partial charge in [-0.3, -0.25) is 0 Å². The second kappa shape index (κ2) is 8.51. The number of aliphatic hydroxyl groups is 1. The zero-order valence-electron chi connectivity index (χ0n) is 11.9. The lowest BCUT2D eigenvalue weighted by Gasteiger charge is -2.32. The van der Waals surface area contributed by atoms with E-state index in [2.05, 4.69) is 13.8 Å². The lowest BCUT2D eigenvalue weighted by Crippen LogP contribution is -2.31. The van der Waals surface area contributed by atoms with Gasteiger partial charge in [0.1, 0.15) is 6.61 Å². The fourth-order valence-corrected chi connectivity index (χ4v) is 2.34. The standard InChI is InChI=1S/C7H12O3.C7H14O2/c1-5-2-6(3-5)10-4-7(8)9;1-6-4-7(5-6)9-3-2-8/h5-6H,2-4H2,1H3,(H,8,9);6-8H,2-5H2,1H3. The number of carboxylic acid groups (broad SMARTS) is 1. The van der Waals surface area contributed by atoms with E-state index in [-0.39, 0.29) is 19.3 Å². The second-order valence-corrected chi connectivity index (χ2v) is 5.70. The van der Waals surface area contributed by atoms with E-state index in [9.17, 15) is 4.79 Å². The van der Waals surface area contributed by atoms with Gasteiger partial charge in [-0.2, -0.15) is 0 Å². The topological polar surface area (TPSA) is 76.0 Å². The van der Waals surface area contributed by atoms with Crippen LogP contribution in [0.4, 0.5) is 0 Å². The van der Waals surface area contributed by atoms with Crippen molar-refractivity contribution in [3.8, 4) is 0 Å². The molecular formula is C14H26O5. The molecule has 5 nitrogen and oxygen atoms in total. The molecule has 0 amide bonds. The summed E-state index contributed by atoms with van der Waals surface area (Å²) in [5, 5.41) is 16.6. The molecule has 0 unspecified atom stereocenters. The predicted molar refractivity (Wildman–Crippen MR) is 71.0 cm³/mol. The highest BCUT2D eigenvalue weighted by Gasteiger charge is 2.26. The van der Waals surface area contributed by atoms with Crippen molar-refractivity contribution in [3.63, 3.8) is 0 Å². The van der Waals surface area contributed by atoms with E-state index < -0.39 is 5.97 Å². The van der Waals surface area contributed by atoms with Crippen molar-refractivity contribution in [3.05, 3.63) is 0 Å². The number of carboxylic acids is 1. The van der Waals surface area contributed by atoms with Crippen LogP contribution in [-0.2, 0) is 14.3 Å². The van der Waals surface area contributed by atoms with Gasteiger partial charge in [0.2, 0.25) is 0 Å². The van der Waals surface area contributed by atoms with E-state index in [1.807, 2.05) is 0 Å². The molecule has 0 spiro atoms. The maximum absolute atomic E-state index is 10.0. The van der Waals surface area contributed by atoms with Crippen LogP contribution in [0.25, 0.3) is 0 Å². The van der Waals surface area contributed by atoms with Gasteiger partial charge >= 0.3 is 5.97 Å². The number of rotatable bonds is 6. The Hall–Kier alpha value is -0.650. The summed E-state index contributed by atoms with van der Waals surface area (Å²) in [6.45, 7) is 4.89. The van der Waals surface area contributed by atoms with Gasteiger partial charge in [-0.25, -0.2) is 4.79 Å². The van der Waals surface area contributed by atoms with Crippen LogP contribution in [-0.4, -0.2) is 48.2 Å². The Kier molecular flexibility index (Phi) is 7.34. The Morgan fingerprint density at radius 2 is 1.53 bits per heavy atom. The zero-order valence-corrected chi connectivity index (χ0v) is 11.9. The average molecular weight is 274 g/mol. The van der Waals surface area contributed by atoms with Crippen LogP contribution in [0.1, 0.15) is 39.5 Å². The first-order valence-electron chi connectivity index (χ1n) is 7.07. The number of ether oxygens (including phenoxy) is 2. The molecule has 0 aromatic carbocycles. The minimum atomic E-state index is -0.875. The molecule has 0 bridgehead atoms. The van der Waals surface area contributed by atoms with Gasteiger partial charge in [0.25, 0.3) is 0 Å². The molecule has 0 aromatic heterocycles. The summed E-state index contributed by atoms with van der Waals surface area (Å²) in [5.41, 5.74) is 0. The van der Waals surface area contributed by atoms with Gasteiger partial charge in [0.05, 0.1) is 25.4 Å².